The van der Waals surface area contributed by atoms with Gasteiger partial charge in [-0.15, -0.1) is 0 Å². The topological polar surface area (TPSA) is 60.3 Å². The molecule has 0 bridgehead atoms. The van der Waals surface area contributed by atoms with Crippen molar-refractivity contribution in [2.24, 2.45) is 7.05 Å². The van der Waals surface area contributed by atoms with Crippen molar-refractivity contribution < 1.29 is 14.3 Å². The Morgan fingerprint density at radius 3 is 2.58 bits per heavy atom. The summed E-state index contributed by atoms with van der Waals surface area (Å²) in [5.41, 5.74) is 1.95. The molecule has 2 aromatic carbocycles. The summed E-state index contributed by atoms with van der Waals surface area (Å²) in [6.07, 6.45) is 1.70. The predicted octanol–water partition coefficient (Wildman–Crippen LogP) is 3.63. The van der Waals surface area contributed by atoms with Gasteiger partial charge in [-0.3, -0.25) is 4.79 Å². The number of aryl methyl sites for hydroxylation is 1. The maximum Gasteiger partial charge on any atom is 0.340 e. The van der Waals surface area contributed by atoms with E-state index in [4.69, 9.17) is 16.3 Å². The van der Waals surface area contributed by atoms with E-state index in [2.05, 4.69) is 5.32 Å². The minimum Gasteiger partial charge on any atom is -0.452 e. The van der Waals surface area contributed by atoms with Gasteiger partial charge in [0.1, 0.15) is 0 Å². The molecule has 0 spiro atoms. The lowest BCUT2D eigenvalue weighted by atomic mass is 10.2. The van der Waals surface area contributed by atoms with Crippen LogP contribution in [0.15, 0.2) is 54.7 Å². The first-order valence-corrected chi connectivity index (χ1v) is 7.69. The number of ether oxygens (including phenoxy) is 1. The third kappa shape index (κ3) is 3.41. The van der Waals surface area contributed by atoms with Crippen LogP contribution in [0.4, 0.5) is 5.69 Å². The molecule has 0 aliphatic carbocycles. The molecule has 0 aliphatic heterocycles. The van der Waals surface area contributed by atoms with Crippen molar-refractivity contribution in [3.8, 4) is 0 Å². The smallest absolute Gasteiger partial charge is 0.340 e. The van der Waals surface area contributed by atoms with E-state index in [1.165, 1.54) is 0 Å². The summed E-state index contributed by atoms with van der Waals surface area (Å²) < 4.78 is 6.96. The number of hydrogen-bond acceptors (Lipinski definition) is 3. The summed E-state index contributed by atoms with van der Waals surface area (Å²) in [5.74, 6) is -0.941. The van der Waals surface area contributed by atoms with Crippen LogP contribution in [0.5, 0.6) is 0 Å². The Morgan fingerprint density at radius 2 is 1.83 bits per heavy atom. The summed E-state index contributed by atoms with van der Waals surface area (Å²) in [4.78, 5) is 24.1. The van der Waals surface area contributed by atoms with Gasteiger partial charge >= 0.3 is 5.97 Å². The van der Waals surface area contributed by atoms with Crippen molar-refractivity contribution in [3.05, 3.63) is 65.3 Å². The number of benzene rings is 2. The quantitative estimate of drug-likeness (QED) is 0.736. The van der Waals surface area contributed by atoms with Gasteiger partial charge in [0.05, 0.1) is 5.56 Å². The minimum atomic E-state index is -0.530. The van der Waals surface area contributed by atoms with Gasteiger partial charge < -0.3 is 14.6 Å². The molecule has 1 amide bonds. The Labute approximate surface area is 143 Å². The van der Waals surface area contributed by atoms with E-state index in [0.717, 1.165) is 10.9 Å². The zero-order chi connectivity index (χ0) is 17.1. The molecular weight excluding hydrogens is 328 g/mol. The lowest BCUT2D eigenvalue weighted by molar-refractivity contribution is -0.119. The third-order valence-electron chi connectivity index (χ3n) is 3.58. The molecule has 0 unspecified atom stereocenters. The number of carbonyl (C=O) groups excluding carboxylic acids is 2. The largest absolute Gasteiger partial charge is 0.452 e. The van der Waals surface area contributed by atoms with Gasteiger partial charge in [-0.25, -0.2) is 4.79 Å². The van der Waals surface area contributed by atoms with Crippen LogP contribution in [0.1, 0.15) is 10.4 Å². The number of aromatic nitrogens is 1. The lowest BCUT2D eigenvalue weighted by Gasteiger charge is -2.06. The average Bonchev–Trinajstić information content (AvgIpc) is 2.92. The van der Waals surface area contributed by atoms with Crippen molar-refractivity contribution >= 4 is 40.1 Å². The van der Waals surface area contributed by atoms with Crippen LogP contribution in [0.2, 0.25) is 5.02 Å². The van der Waals surface area contributed by atoms with Crippen LogP contribution in [0.3, 0.4) is 0 Å². The molecule has 0 aliphatic rings. The molecule has 6 heteroatoms. The van der Waals surface area contributed by atoms with Gasteiger partial charge in [0.15, 0.2) is 6.61 Å². The highest BCUT2D eigenvalue weighted by molar-refractivity contribution is 6.30. The van der Waals surface area contributed by atoms with E-state index in [1.807, 2.05) is 35.9 Å². The number of halogens is 1. The molecule has 0 saturated heterocycles. The van der Waals surface area contributed by atoms with E-state index in [1.54, 1.807) is 30.5 Å². The zero-order valence-corrected chi connectivity index (χ0v) is 13.7. The highest BCUT2D eigenvalue weighted by Crippen LogP contribution is 2.21. The molecule has 3 rings (SSSR count). The zero-order valence-electron chi connectivity index (χ0n) is 13.0. The molecule has 1 N–H and O–H groups in total. The van der Waals surface area contributed by atoms with Gasteiger partial charge in [-0.1, -0.05) is 29.8 Å². The van der Waals surface area contributed by atoms with Crippen molar-refractivity contribution in [2.75, 3.05) is 11.9 Å². The lowest BCUT2D eigenvalue weighted by Crippen LogP contribution is -2.20. The standard InChI is InChI=1S/C18H15ClN2O3/c1-21-10-15(14-4-2-3-5-16(14)21)18(23)24-11-17(22)20-13-8-6-12(19)7-9-13/h2-10H,11H2,1H3,(H,20,22). The third-order valence-corrected chi connectivity index (χ3v) is 3.83. The SMILES string of the molecule is Cn1cc(C(=O)OCC(=O)Nc2ccc(Cl)cc2)c2ccccc21. The van der Waals surface area contributed by atoms with Crippen molar-refractivity contribution in [1.82, 2.24) is 4.57 Å². The highest BCUT2D eigenvalue weighted by Gasteiger charge is 2.16. The first kappa shape index (κ1) is 16.1. The van der Waals surface area contributed by atoms with E-state index in [0.29, 0.717) is 16.3 Å². The average molecular weight is 343 g/mol. The number of anilines is 1. The number of amides is 1. The predicted molar refractivity (Wildman–Crippen MR) is 93.3 cm³/mol. The summed E-state index contributed by atoms with van der Waals surface area (Å²) in [6, 6.07) is 14.2. The van der Waals surface area contributed by atoms with Crippen molar-refractivity contribution in [2.45, 2.75) is 0 Å². The maximum atomic E-state index is 12.2. The fourth-order valence-corrected chi connectivity index (χ4v) is 2.57. The van der Waals surface area contributed by atoms with Gasteiger partial charge in [-0.2, -0.15) is 0 Å². The van der Waals surface area contributed by atoms with Crippen LogP contribution in [-0.2, 0) is 16.6 Å². The summed E-state index contributed by atoms with van der Waals surface area (Å²) in [6.45, 7) is -0.356. The summed E-state index contributed by atoms with van der Waals surface area (Å²) in [7, 11) is 1.85. The fraction of sp³-hybridized carbons (Fsp3) is 0.111. The molecule has 1 heterocycles. The maximum absolute atomic E-state index is 12.2. The highest BCUT2D eigenvalue weighted by atomic mass is 35.5. The number of nitrogens with one attached hydrogen (secondary N) is 1. The Kier molecular flexibility index (Phi) is 4.53. The normalized spacial score (nSPS) is 10.6. The number of hydrogen-bond donors (Lipinski definition) is 1. The van der Waals surface area contributed by atoms with Crippen molar-refractivity contribution in [3.63, 3.8) is 0 Å². The van der Waals surface area contributed by atoms with Gasteiger partial charge in [0, 0.05) is 34.9 Å². The van der Waals surface area contributed by atoms with Crippen LogP contribution in [-0.4, -0.2) is 23.1 Å². The molecule has 0 saturated carbocycles. The molecule has 3 aromatic rings. The second-order valence-corrected chi connectivity index (χ2v) is 5.74. The first-order chi connectivity index (χ1) is 11.5. The second-order valence-electron chi connectivity index (χ2n) is 5.30. The van der Waals surface area contributed by atoms with E-state index >= 15 is 0 Å². The molecule has 122 valence electrons. The van der Waals surface area contributed by atoms with E-state index in [-0.39, 0.29) is 6.61 Å². The monoisotopic (exact) mass is 342 g/mol. The number of rotatable bonds is 4. The van der Waals surface area contributed by atoms with Crippen LogP contribution in [0, 0.1) is 0 Å². The summed E-state index contributed by atoms with van der Waals surface area (Å²) in [5, 5.41) is 4.01. The van der Waals surface area contributed by atoms with Crippen LogP contribution in [0.25, 0.3) is 10.9 Å². The number of nitrogens with zero attached hydrogens (tertiary/aromatic N) is 1. The Morgan fingerprint density at radius 1 is 1.12 bits per heavy atom. The molecule has 0 radical (unpaired) electrons. The summed E-state index contributed by atoms with van der Waals surface area (Å²) >= 11 is 5.78. The number of fused-ring (bicyclic) bond motifs is 1. The van der Waals surface area contributed by atoms with Gasteiger partial charge in [0.2, 0.25) is 0 Å². The molecule has 1 aromatic heterocycles. The molecule has 5 nitrogen and oxygen atoms in total. The van der Waals surface area contributed by atoms with Gasteiger partial charge in [-0.05, 0) is 30.3 Å². The number of carbonyl (C=O) groups is 2. The minimum absolute atomic E-state index is 0.356. The van der Waals surface area contributed by atoms with Crippen molar-refractivity contribution in [1.29, 1.82) is 0 Å². The first-order valence-electron chi connectivity index (χ1n) is 7.31. The van der Waals surface area contributed by atoms with Gasteiger partial charge in [0.25, 0.3) is 5.91 Å². The molecular formula is C18H15ClN2O3. The molecule has 0 fully saturated rings. The van der Waals surface area contributed by atoms with E-state index in [9.17, 15) is 9.59 Å². The second kappa shape index (κ2) is 6.76. The molecule has 0 atom stereocenters. The Hall–Kier alpha value is -2.79. The Bertz CT molecular complexity index is 900. The van der Waals surface area contributed by atoms with Crippen LogP contribution < -0.4 is 5.32 Å². The Balaban J connectivity index is 1.64. The van der Waals surface area contributed by atoms with E-state index < -0.39 is 11.9 Å². The fourth-order valence-electron chi connectivity index (χ4n) is 2.44. The number of esters is 1. The molecule has 24 heavy (non-hydrogen) atoms. The van der Waals surface area contributed by atoms with Crippen LogP contribution >= 0.6 is 11.6 Å². The number of para-hydroxylation sites is 1.